The molecule has 0 fully saturated rings. The van der Waals surface area contributed by atoms with E-state index in [2.05, 4.69) is 0 Å². The molecule has 1 heterocycles. The van der Waals surface area contributed by atoms with E-state index in [1.807, 2.05) is 89.5 Å². The Morgan fingerprint density at radius 1 is 0.769 bits per heavy atom. The summed E-state index contributed by atoms with van der Waals surface area (Å²) in [6, 6.07) is 28.1. The van der Waals surface area contributed by atoms with Gasteiger partial charge in [0.05, 0.1) is 0 Å². The van der Waals surface area contributed by atoms with E-state index in [-0.39, 0.29) is 14.5 Å². The molecule has 4 heteroatoms. The van der Waals surface area contributed by atoms with E-state index in [4.69, 9.17) is 4.74 Å². The van der Waals surface area contributed by atoms with E-state index in [9.17, 15) is 5.11 Å². The molecule has 4 aromatic rings. The number of hydrogen-bond acceptors (Lipinski definition) is 2. The van der Waals surface area contributed by atoms with Crippen molar-refractivity contribution in [3.8, 4) is 37.4 Å². The SMILES string of the molecule is COc1ccc(-c2[se]c(-c3ccccc3)c(O)[n+]2-c2ccccc2)cc1. The summed E-state index contributed by atoms with van der Waals surface area (Å²) in [4.78, 5) is 0. The molecule has 3 aromatic carbocycles. The van der Waals surface area contributed by atoms with Crippen molar-refractivity contribution in [1.82, 2.24) is 0 Å². The molecule has 1 aromatic heterocycles. The summed E-state index contributed by atoms with van der Waals surface area (Å²) in [6.07, 6.45) is 0. The molecule has 0 amide bonds. The van der Waals surface area contributed by atoms with Gasteiger partial charge in [-0.05, 0) is 0 Å². The van der Waals surface area contributed by atoms with Crippen molar-refractivity contribution in [3.05, 3.63) is 84.9 Å². The Kier molecular flexibility index (Phi) is 4.61. The third kappa shape index (κ3) is 3.05. The van der Waals surface area contributed by atoms with Crippen LogP contribution in [0.5, 0.6) is 11.6 Å². The van der Waals surface area contributed by atoms with Crippen LogP contribution in [0, 0.1) is 0 Å². The van der Waals surface area contributed by atoms with Crippen molar-refractivity contribution in [2.24, 2.45) is 0 Å². The Balaban J connectivity index is 1.94. The van der Waals surface area contributed by atoms with Gasteiger partial charge in [0.25, 0.3) is 0 Å². The minimum absolute atomic E-state index is 0.0180. The van der Waals surface area contributed by atoms with Gasteiger partial charge in [-0.3, -0.25) is 0 Å². The molecule has 0 aliphatic carbocycles. The topological polar surface area (TPSA) is 33.3 Å². The zero-order valence-corrected chi connectivity index (χ0v) is 16.0. The predicted octanol–water partition coefficient (Wildman–Crippen LogP) is 4.07. The average molecular weight is 407 g/mol. The number of hydrogen-bond donors (Lipinski definition) is 1. The van der Waals surface area contributed by atoms with Crippen LogP contribution in [0.4, 0.5) is 0 Å². The number of benzene rings is 3. The Morgan fingerprint density at radius 2 is 1.38 bits per heavy atom. The molecule has 3 nitrogen and oxygen atoms in total. The van der Waals surface area contributed by atoms with Crippen molar-refractivity contribution in [3.63, 3.8) is 0 Å². The number of rotatable bonds is 4. The minimum atomic E-state index is -0.0180. The van der Waals surface area contributed by atoms with Crippen molar-refractivity contribution < 1.29 is 14.4 Å². The van der Waals surface area contributed by atoms with Crippen molar-refractivity contribution in [2.45, 2.75) is 0 Å². The van der Waals surface area contributed by atoms with Gasteiger partial charge in [0.2, 0.25) is 0 Å². The second kappa shape index (κ2) is 7.20. The molecule has 0 spiro atoms. The first-order valence-corrected chi connectivity index (χ1v) is 10.0. The molecule has 128 valence electrons. The molecule has 0 aliphatic rings. The monoisotopic (exact) mass is 408 g/mol. The number of nitrogens with zero attached hydrogens (tertiary/aromatic N) is 1. The van der Waals surface area contributed by atoms with E-state index in [1.54, 1.807) is 7.11 Å². The summed E-state index contributed by atoms with van der Waals surface area (Å²) in [5.74, 6) is 1.14. The first-order chi connectivity index (χ1) is 12.8. The third-order valence-electron chi connectivity index (χ3n) is 4.20. The van der Waals surface area contributed by atoms with Crippen LogP contribution in [0.1, 0.15) is 0 Å². The number of para-hydroxylation sites is 1. The van der Waals surface area contributed by atoms with Gasteiger partial charge in [-0.1, -0.05) is 0 Å². The van der Waals surface area contributed by atoms with E-state index in [0.717, 1.165) is 31.6 Å². The molecule has 0 saturated carbocycles. The van der Waals surface area contributed by atoms with Gasteiger partial charge in [0.15, 0.2) is 0 Å². The fourth-order valence-corrected chi connectivity index (χ4v) is 5.35. The fourth-order valence-electron chi connectivity index (χ4n) is 2.90. The van der Waals surface area contributed by atoms with Gasteiger partial charge < -0.3 is 0 Å². The number of aromatic nitrogens is 1. The molecular formula is C22H18NO2Se+. The number of methoxy groups -OCH3 is 1. The summed E-state index contributed by atoms with van der Waals surface area (Å²) >= 11 is -0.0180. The standard InChI is InChI=1S/C22H17NO2Se/c1-25-19-14-12-17(13-15-19)22-23(18-10-6-3-7-11-18)21(24)20(26-22)16-8-4-2-5-9-16/h2-15H,1H3/p+1. The van der Waals surface area contributed by atoms with Gasteiger partial charge in [-0.2, -0.15) is 0 Å². The summed E-state index contributed by atoms with van der Waals surface area (Å²) in [5.41, 5.74) is 3.12. The molecule has 0 radical (unpaired) electrons. The first kappa shape index (κ1) is 16.6. The maximum atomic E-state index is 11.1. The van der Waals surface area contributed by atoms with Crippen molar-refractivity contribution in [1.29, 1.82) is 0 Å². The molecule has 0 bridgehead atoms. The fraction of sp³-hybridized carbons (Fsp3) is 0.0455. The predicted molar refractivity (Wildman–Crippen MR) is 104 cm³/mol. The molecule has 0 aliphatic heterocycles. The first-order valence-electron chi connectivity index (χ1n) is 8.31. The number of aromatic hydroxyl groups is 1. The van der Waals surface area contributed by atoms with Crippen LogP contribution in [0.15, 0.2) is 84.9 Å². The molecule has 0 unspecified atom stereocenters. The molecule has 0 saturated heterocycles. The van der Waals surface area contributed by atoms with Gasteiger partial charge in [-0.25, -0.2) is 0 Å². The van der Waals surface area contributed by atoms with Crippen LogP contribution < -0.4 is 9.30 Å². The van der Waals surface area contributed by atoms with Crippen LogP contribution in [-0.4, -0.2) is 26.7 Å². The summed E-state index contributed by atoms with van der Waals surface area (Å²) in [7, 11) is 1.67. The molecular weight excluding hydrogens is 389 g/mol. The summed E-state index contributed by atoms with van der Waals surface area (Å²) in [5, 5.41) is 11.1. The van der Waals surface area contributed by atoms with E-state index >= 15 is 0 Å². The Morgan fingerprint density at radius 3 is 2.00 bits per heavy atom. The zero-order valence-electron chi connectivity index (χ0n) is 14.3. The second-order valence-corrected chi connectivity index (χ2v) is 7.92. The Bertz CT molecular complexity index is 1010. The van der Waals surface area contributed by atoms with Crippen LogP contribution in [-0.2, 0) is 0 Å². The quantitative estimate of drug-likeness (QED) is 0.409. The summed E-state index contributed by atoms with van der Waals surface area (Å²) < 4.78 is 9.35. The molecule has 4 rings (SSSR count). The van der Waals surface area contributed by atoms with Crippen LogP contribution in [0.3, 0.4) is 0 Å². The molecule has 1 N–H and O–H groups in total. The maximum absolute atomic E-state index is 11.1. The van der Waals surface area contributed by atoms with Crippen LogP contribution >= 0.6 is 0 Å². The average Bonchev–Trinajstić information content (AvgIpc) is 3.06. The third-order valence-corrected chi connectivity index (χ3v) is 6.79. The molecule has 0 atom stereocenters. The van der Waals surface area contributed by atoms with Gasteiger partial charge in [0, 0.05) is 0 Å². The van der Waals surface area contributed by atoms with Crippen LogP contribution in [0.25, 0.3) is 25.8 Å². The van der Waals surface area contributed by atoms with E-state index in [1.165, 1.54) is 0 Å². The van der Waals surface area contributed by atoms with E-state index in [0.29, 0.717) is 5.88 Å². The van der Waals surface area contributed by atoms with Gasteiger partial charge >= 0.3 is 158 Å². The Labute approximate surface area is 158 Å². The van der Waals surface area contributed by atoms with Gasteiger partial charge in [0.1, 0.15) is 0 Å². The second-order valence-electron chi connectivity index (χ2n) is 5.83. The normalized spacial score (nSPS) is 10.7. The zero-order chi connectivity index (χ0) is 17.9. The van der Waals surface area contributed by atoms with Gasteiger partial charge in [-0.15, -0.1) is 0 Å². The molecule has 26 heavy (non-hydrogen) atoms. The van der Waals surface area contributed by atoms with Crippen molar-refractivity contribution >= 4 is 14.5 Å². The van der Waals surface area contributed by atoms with E-state index < -0.39 is 0 Å². The Hall–Kier alpha value is -2.81. The van der Waals surface area contributed by atoms with Crippen LogP contribution in [0.2, 0.25) is 0 Å². The summed E-state index contributed by atoms with van der Waals surface area (Å²) in [6.45, 7) is 0. The van der Waals surface area contributed by atoms with Crippen molar-refractivity contribution in [2.75, 3.05) is 7.11 Å². The number of ether oxygens (including phenoxy) is 1.